The van der Waals surface area contributed by atoms with Crippen LogP contribution >= 0.6 is 11.8 Å². The van der Waals surface area contributed by atoms with Gasteiger partial charge < -0.3 is 15.0 Å². The van der Waals surface area contributed by atoms with Crippen LogP contribution in [0.4, 0.5) is 4.39 Å². The van der Waals surface area contributed by atoms with Crippen molar-refractivity contribution in [3.8, 4) is 11.1 Å². The van der Waals surface area contributed by atoms with Crippen LogP contribution in [0.1, 0.15) is 28.7 Å². The SMILES string of the molecule is Cc1cc(C)c(/C=C/CSCC(O)CC(=O)[O-])c(-c2ccc(F)c(C)c2)c1.[Na+]. The van der Waals surface area contributed by atoms with Gasteiger partial charge in [0, 0.05) is 23.9 Å². The van der Waals surface area contributed by atoms with E-state index in [1.54, 1.807) is 13.0 Å². The standard InChI is InChI=1S/C22H25FO3S.Na/c1-14-9-15(2)19(5-4-8-27-13-18(24)12-22(25)26)20(10-14)17-6-7-21(23)16(3)11-17;/h4-7,9-11,18,24H,8,12-13H2,1-3H3,(H,25,26);/q;+1/p-1/b5-4+;. The Kier molecular flexibility index (Phi) is 10.5. The molecule has 0 heterocycles. The maximum absolute atomic E-state index is 13.6. The number of rotatable bonds is 8. The Bertz CT molecular complexity index is 852. The fourth-order valence-electron chi connectivity index (χ4n) is 2.94. The zero-order valence-corrected chi connectivity index (χ0v) is 19.6. The number of thioether (sulfide) groups is 1. The van der Waals surface area contributed by atoms with Gasteiger partial charge in [-0.1, -0.05) is 35.9 Å². The van der Waals surface area contributed by atoms with E-state index >= 15 is 0 Å². The van der Waals surface area contributed by atoms with Crippen LogP contribution in [0.5, 0.6) is 0 Å². The zero-order chi connectivity index (χ0) is 20.0. The van der Waals surface area contributed by atoms with Gasteiger partial charge in [-0.05, 0) is 60.7 Å². The molecule has 0 fully saturated rings. The van der Waals surface area contributed by atoms with Gasteiger partial charge >= 0.3 is 29.6 Å². The van der Waals surface area contributed by atoms with Crippen LogP contribution in [-0.2, 0) is 4.79 Å². The molecule has 1 N–H and O–H groups in total. The van der Waals surface area contributed by atoms with Crippen molar-refractivity contribution in [2.24, 2.45) is 0 Å². The first-order chi connectivity index (χ1) is 12.8. The Balaban J connectivity index is 0.00000392. The molecule has 6 heteroatoms. The minimum atomic E-state index is -1.24. The number of hydrogen-bond donors (Lipinski definition) is 1. The van der Waals surface area contributed by atoms with Gasteiger partial charge in [0.15, 0.2) is 0 Å². The Morgan fingerprint density at radius 1 is 1.21 bits per heavy atom. The van der Waals surface area contributed by atoms with Gasteiger partial charge in [-0.25, -0.2) is 4.39 Å². The van der Waals surface area contributed by atoms with Crippen molar-refractivity contribution < 1.29 is 49.0 Å². The van der Waals surface area contributed by atoms with E-state index in [2.05, 4.69) is 12.1 Å². The molecule has 144 valence electrons. The average Bonchev–Trinajstić information content (AvgIpc) is 2.57. The largest absolute Gasteiger partial charge is 1.00 e. The second-order valence-electron chi connectivity index (χ2n) is 6.68. The van der Waals surface area contributed by atoms with Crippen LogP contribution in [0.2, 0.25) is 0 Å². The van der Waals surface area contributed by atoms with Crippen molar-refractivity contribution in [1.82, 2.24) is 0 Å². The second kappa shape index (κ2) is 11.8. The topological polar surface area (TPSA) is 60.4 Å². The minimum Gasteiger partial charge on any atom is -0.550 e. The maximum atomic E-state index is 13.6. The van der Waals surface area contributed by atoms with Gasteiger partial charge in [0.2, 0.25) is 0 Å². The molecule has 1 atom stereocenters. The number of halogens is 1. The van der Waals surface area contributed by atoms with Crippen LogP contribution in [-0.4, -0.2) is 28.7 Å². The molecule has 2 rings (SSSR count). The quantitative estimate of drug-likeness (QED) is 0.513. The third kappa shape index (κ3) is 7.37. The number of hydrogen-bond acceptors (Lipinski definition) is 4. The number of aliphatic carboxylic acids is 1. The minimum absolute atomic E-state index is 0. The van der Waals surface area contributed by atoms with Gasteiger partial charge in [-0.3, -0.25) is 0 Å². The fourth-order valence-corrected chi connectivity index (χ4v) is 3.70. The first-order valence-electron chi connectivity index (χ1n) is 8.78. The van der Waals surface area contributed by atoms with E-state index in [1.807, 2.05) is 32.1 Å². The summed E-state index contributed by atoms with van der Waals surface area (Å²) in [6, 6.07) is 9.33. The number of carbonyl (C=O) groups is 1. The average molecular weight is 410 g/mol. The molecule has 2 aromatic carbocycles. The number of carboxylic acids is 1. The molecule has 0 aromatic heterocycles. The Morgan fingerprint density at radius 3 is 2.57 bits per heavy atom. The van der Waals surface area contributed by atoms with E-state index in [1.165, 1.54) is 17.8 Å². The Labute approximate surface area is 192 Å². The molecule has 0 radical (unpaired) electrons. The number of carboxylic acid groups (broad SMARTS) is 1. The molecule has 1 unspecified atom stereocenters. The summed E-state index contributed by atoms with van der Waals surface area (Å²) in [5.41, 5.74) is 5.97. The van der Waals surface area contributed by atoms with Crippen LogP contribution < -0.4 is 34.7 Å². The van der Waals surface area contributed by atoms with Crippen LogP contribution in [0.25, 0.3) is 17.2 Å². The maximum Gasteiger partial charge on any atom is 1.00 e. The molecule has 0 aliphatic rings. The molecule has 0 spiro atoms. The van der Waals surface area contributed by atoms with E-state index < -0.39 is 12.1 Å². The number of aryl methyl sites for hydroxylation is 3. The summed E-state index contributed by atoms with van der Waals surface area (Å²) in [5, 5.41) is 20.0. The number of aliphatic hydroxyl groups is 1. The normalized spacial score (nSPS) is 12.0. The van der Waals surface area contributed by atoms with Crippen molar-refractivity contribution in [3.05, 3.63) is 64.5 Å². The molecule has 28 heavy (non-hydrogen) atoms. The molecule has 0 aliphatic carbocycles. The predicted molar refractivity (Wildman–Crippen MR) is 108 cm³/mol. The second-order valence-corrected chi connectivity index (χ2v) is 7.75. The van der Waals surface area contributed by atoms with Gasteiger partial charge in [0.25, 0.3) is 0 Å². The summed E-state index contributed by atoms with van der Waals surface area (Å²) in [6.45, 7) is 5.84. The predicted octanol–water partition coefficient (Wildman–Crippen LogP) is 0.669. The van der Waals surface area contributed by atoms with Crippen LogP contribution in [0.3, 0.4) is 0 Å². The number of benzene rings is 2. The van der Waals surface area contributed by atoms with E-state index in [0.717, 1.165) is 27.8 Å². The molecule has 2 aromatic rings. The summed E-state index contributed by atoms with van der Waals surface area (Å²) in [7, 11) is 0. The molecule has 0 bridgehead atoms. The molecule has 0 saturated heterocycles. The van der Waals surface area contributed by atoms with E-state index in [-0.39, 0.29) is 41.8 Å². The third-order valence-electron chi connectivity index (χ3n) is 4.21. The smallest absolute Gasteiger partial charge is 0.550 e. The summed E-state index contributed by atoms with van der Waals surface area (Å²) < 4.78 is 13.6. The van der Waals surface area contributed by atoms with E-state index in [4.69, 9.17) is 0 Å². The molecule has 0 saturated carbocycles. The molecule has 0 amide bonds. The zero-order valence-electron chi connectivity index (χ0n) is 16.8. The van der Waals surface area contributed by atoms with Gasteiger partial charge in [0.1, 0.15) is 5.82 Å². The molecule has 0 aliphatic heterocycles. The fraction of sp³-hybridized carbons (Fsp3) is 0.318. The molecular formula is C22H24FNaO3S. The first kappa shape index (κ1) is 24.9. The summed E-state index contributed by atoms with van der Waals surface area (Å²) in [5.74, 6) is -0.464. The first-order valence-corrected chi connectivity index (χ1v) is 9.93. The summed E-state index contributed by atoms with van der Waals surface area (Å²) >= 11 is 1.46. The van der Waals surface area contributed by atoms with Gasteiger partial charge in [-0.15, -0.1) is 0 Å². The number of aliphatic hydroxyl groups excluding tert-OH is 1. The number of carbonyl (C=O) groups excluding carboxylic acids is 1. The van der Waals surface area contributed by atoms with E-state index in [9.17, 15) is 19.4 Å². The molecule has 3 nitrogen and oxygen atoms in total. The van der Waals surface area contributed by atoms with Crippen LogP contribution in [0.15, 0.2) is 36.4 Å². The van der Waals surface area contributed by atoms with Crippen LogP contribution in [0, 0.1) is 26.6 Å². The van der Waals surface area contributed by atoms with Crippen molar-refractivity contribution in [1.29, 1.82) is 0 Å². The van der Waals surface area contributed by atoms with E-state index in [0.29, 0.717) is 17.1 Å². The van der Waals surface area contributed by atoms with Gasteiger partial charge in [0.05, 0.1) is 6.10 Å². The van der Waals surface area contributed by atoms with Crippen molar-refractivity contribution in [3.63, 3.8) is 0 Å². The van der Waals surface area contributed by atoms with Crippen molar-refractivity contribution in [2.45, 2.75) is 33.3 Å². The Morgan fingerprint density at radius 2 is 1.93 bits per heavy atom. The van der Waals surface area contributed by atoms with Gasteiger partial charge in [-0.2, -0.15) is 11.8 Å². The monoisotopic (exact) mass is 410 g/mol. The van der Waals surface area contributed by atoms with Crippen molar-refractivity contribution in [2.75, 3.05) is 11.5 Å². The third-order valence-corrected chi connectivity index (χ3v) is 5.26. The molecular weight excluding hydrogens is 386 g/mol. The van der Waals surface area contributed by atoms with Crippen molar-refractivity contribution >= 4 is 23.8 Å². The summed E-state index contributed by atoms with van der Waals surface area (Å²) in [6.07, 6.45) is 2.78. The summed E-state index contributed by atoms with van der Waals surface area (Å²) in [4.78, 5) is 10.4. The Hall–Kier alpha value is -1.11.